The third-order valence-corrected chi connectivity index (χ3v) is 4.30. The smallest absolute Gasteiger partial charge is 0.129 e. The van der Waals surface area contributed by atoms with Crippen LogP contribution < -0.4 is 0 Å². The average Bonchev–Trinajstić information content (AvgIpc) is 3.05. The van der Waals surface area contributed by atoms with E-state index < -0.39 is 17.7 Å². The molecule has 1 atom stereocenters. The molecule has 1 aromatic carbocycles. The first-order chi connectivity index (χ1) is 10.6. The van der Waals surface area contributed by atoms with Crippen molar-refractivity contribution >= 4 is 0 Å². The van der Waals surface area contributed by atoms with E-state index in [0.717, 1.165) is 49.8 Å². The summed E-state index contributed by atoms with van der Waals surface area (Å²) in [4.78, 5) is 2.09. The fraction of sp³-hybridized carbons (Fsp3) is 0.438. The quantitative estimate of drug-likeness (QED) is 0.913. The van der Waals surface area contributed by atoms with Gasteiger partial charge in [-0.25, -0.2) is 8.78 Å². The maximum Gasteiger partial charge on any atom is 0.129 e. The molecule has 1 fully saturated rings. The lowest BCUT2D eigenvalue weighted by atomic mass is 9.93. The fourth-order valence-electron chi connectivity index (χ4n) is 3.03. The van der Waals surface area contributed by atoms with Gasteiger partial charge in [-0.15, -0.1) is 0 Å². The first-order valence-corrected chi connectivity index (χ1v) is 7.48. The molecule has 6 heteroatoms. The van der Waals surface area contributed by atoms with Gasteiger partial charge >= 0.3 is 0 Å². The lowest BCUT2D eigenvalue weighted by molar-refractivity contribution is 0.0942. The number of nitrogens with one attached hydrogen (secondary N) is 1. The van der Waals surface area contributed by atoms with Gasteiger partial charge in [0.1, 0.15) is 11.6 Å². The minimum Gasteiger partial charge on any atom is -0.387 e. The third kappa shape index (κ3) is 3.34. The number of piperidine rings is 1. The van der Waals surface area contributed by atoms with Crippen LogP contribution in [0.1, 0.15) is 36.1 Å². The molecule has 22 heavy (non-hydrogen) atoms. The van der Waals surface area contributed by atoms with E-state index in [1.54, 1.807) is 6.20 Å². The predicted molar refractivity (Wildman–Crippen MR) is 78.3 cm³/mol. The van der Waals surface area contributed by atoms with Gasteiger partial charge in [0, 0.05) is 29.9 Å². The van der Waals surface area contributed by atoms with Crippen molar-refractivity contribution in [3.8, 4) is 0 Å². The number of aromatic amines is 1. The first kappa shape index (κ1) is 15.1. The van der Waals surface area contributed by atoms with Crippen LogP contribution in [-0.2, 0) is 0 Å². The molecule has 0 amide bonds. The lowest BCUT2D eigenvalue weighted by Gasteiger charge is -2.32. The Kier molecular flexibility index (Phi) is 4.49. The Morgan fingerprint density at radius 2 is 2.05 bits per heavy atom. The van der Waals surface area contributed by atoms with Crippen LogP contribution in [0.2, 0.25) is 0 Å². The van der Waals surface area contributed by atoms with Gasteiger partial charge in [0.05, 0.1) is 6.10 Å². The SMILES string of the molecule is O[C@H](CN1CCC(c2ccn[nH]2)CC1)c1cc(F)ccc1F. The maximum atomic E-state index is 13.7. The van der Waals surface area contributed by atoms with Crippen LogP contribution in [0, 0.1) is 11.6 Å². The van der Waals surface area contributed by atoms with Crippen LogP contribution in [0.25, 0.3) is 0 Å². The van der Waals surface area contributed by atoms with Crippen LogP contribution in [0.15, 0.2) is 30.5 Å². The van der Waals surface area contributed by atoms with Crippen LogP contribution in [-0.4, -0.2) is 39.8 Å². The second-order valence-electron chi connectivity index (χ2n) is 5.77. The minimum atomic E-state index is -1.01. The predicted octanol–water partition coefficient (Wildman–Crippen LogP) is 2.60. The second kappa shape index (κ2) is 6.54. The van der Waals surface area contributed by atoms with Crippen LogP contribution in [0.4, 0.5) is 8.78 Å². The number of H-pyrrole nitrogens is 1. The topological polar surface area (TPSA) is 52.1 Å². The Morgan fingerprint density at radius 3 is 2.73 bits per heavy atom. The molecular formula is C16H19F2N3O. The summed E-state index contributed by atoms with van der Waals surface area (Å²) in [5.74, 6) is -0.656. The molecule has 0 saturated carbocycles. The molecule has 4 nitrogen and oxygen atoms in total. The fourth-order valence-corrected chi connectivity index (χ4v) is 3.03. The van der Waals surface area contributed by atoms with E-state index in [9.17, 15) is 13.9 Å². The van der Waals surface area contributed by atoms with Gasteiger partial charge in [0.15, 0.2) is 0 Å². The van der Waals surface area contributed by atoms with Crippen molar-refractivity contribution in [2.75, 3.05) is 19.6 Å². The zero-order valence-corrected chi connectivity index (χ0v) is 12.2. The zero-order chi connectivity index (χ0) is 15.5. The summed E-state index contributed by atoms with van der Waals surface area (Å²) in [6, 6.07) is 5.16. The van der Waals surface area contributed by atoms with Gasteiger partial charge in [-0.05, 0) is 50.2 Å². The standard InChI is InChI=1S/C16H19F2N3O/c17-12-1-2-14(18)13(9-12)16(22)10-21-7-4-11(5-8-21)15-3-6-19-20-15/h1-3,6,9,11,16,22H,4-5,7-8,10H2,(H,19,20)/t16-/m1/s1. The summed E-state index contributed by atoms with van der Waals surface area (Å²) >= 11 is 0. The Labute approximate surface area is 127 Å². The van der Waals surface area contributed by atoms with E-state index in [2.05, 4.69) is 15.1 Å². The normalized spacial score (nSPS) is 18.5. The van der Waals surface area contributed by atoms with E-state index in [0.29, 0.717) is 12.5 Å². The van der Waals surface area contributed by atoms with Crippen molar-refractivity contribution in [3.05, 3.63) is 53.4 Å². The Bertz CT molecular complexity index is 610. The van der Waals surface area contributed by atoms with Crippen molar-refractivity contribution in [1.82, 2.24) is 15.1 Å². The number of benzene rings is 1. The summed E-state index contributed by atoms with van der Waals surface area (Å²) in [6.07, 6.45) is 2.65. The van der Waals surface area contributed by atoms with Crippen molar-refractivity contribution in [1.29, 1.82) is 0 Å². The molecule has 2 N–H and O–H groups in total. The third-order valence-electron chi connectivity index (χ3n) is 4.30. The molecule has 0 aliphatic carbocycles. The van der Waals surface area contributed by atoms with Crippen LogP contribution in [0.5, 0.6) is 0 Å². The molecule has 0 radical (unpaired) electrons. The lowest BCUT2D eigenvalue weighted by Crippen LogP contribution is -2.36. The Morgan fingerprint density at radius 1 is 1.27 bits per heavy atom. The molecule has 3 rings (SSSR count). The molecule has 2 aromatic rings. The number of likely N-dealkylation sites (tertiary alicyclic amines) is 1. The van der Waals surface area contributed by atoms with Gasteiger partial charge in [-0.1, -0.05) is 0 Å². The molecule has 118 valence electrons. The number of nitrogens with zero attached hydrogens (tertiary/aromatic N) is 2. The van der Waals surface area contributed by atoms with Crippen molar-refractivity contribution in [2.24, 2.45) is 0 Å². The van der Waals surface area contributed by atoms with E-state index >= 15 is 0 Å². The van der Waals surface area contributed by atoms with E-state index in [-0.39, 0.29) is 5.56 Å². The highest BCUT2D eigenvalue weighted by Crippen LogP contribution is 2.28. The van der Waals surface area contributed by atoms with Crippen LogP contribution in [0.3, 0.4) is 0 Å². The summed E-state index contributed by atoms with van der Waals surface area (Å²) in [5, 5.41) is 17.1. The number of hydrogen-bond donors (Lipinski definition) is 2. The minimum absolute atomic E-state index is 0.0238. The number of aliphatic hydroxyl groups is 1. The van der Waals surface area contributed by atoms with Gasteiger partial charge in [0.25, 0.3) is 0 Å². The monoisotopic (exact) mass is 307 g/mol. The van der Waals surface area contributed by atoms with Crippen molar-refractivity contribution < 1.29 is 13.9 Å². The molecule has 1 saturated heterocycles. The summed E-state index contributed by atoms with van der Waals surface area (Å²) in [5.41, 5.74) is 1.16. The summed E-state index contributed by atoms with van der Waals surface area (Å²) < 4.78 is 26.9. The second-order valence-corrected chi connectivity index (χ2v) is 5.77. The van der Waals surface area contributed by atoms with Crippen molar-refractivity contribution in [2.45, 2.75) is 24.9 Å². The molecule has 1 aliphatic heterocycles. The molecule has 1 aliphatic rings. The van der Waals surface area contributed by atoms with Gasteiger partial charge in [-0.3, -0.25) is 5.10 Å². The summed E-state index contributed by atoms with van der Waals surface area (Å²) in [7, 11) is 0. The van der Waals surface area contributed by atoms with E-state index in [1.807, 2.05) is 6.07 Å². The molecule has 0 unspecified atom stereocenters. The highest BCUT2D eigenvalue weighted by Gasteiger charge is 2.24. The maximum absolute atomic E-state index is 13.7. The zero-order valence-electron chi connectivity index (χ0n) is 12.2. The Balaban J connectivity index is 1.57. The molecule has 2 heterocycles. The highest BCUT2D eigenvalue weighted by molar-refractivity contribution is 5.21. The van der Waals surface area contributed by atoms with Gasteiger partial charge in [0.2, 0.25) is 0 Å². The Hall–Kier alpha value is -1.79. The molecule has 0 spiro atoms. The van der Waals surface area contributed by atoms with Gasteiger partial charge < -0.3 is 10.0 Å². The first-order valence-electron chi connectivity index (χ1n) is 7.48. The molecular weight excluding hydrogens is 288 g/mol. The summed E-state index contributed by atoms with van der Waals surface area (Å²) in [6.45, 7) is 1.95. The molecule has 0 bridgehead atoms. The van der Waals surface area contributed by atoms with E-state index in [4.69, 9.17) is 0 Å². The highest BCUT2D eigenvalue weighted by atomic mass is 19.1. The van der Waals surface area contributed by atoms with Crippen LogP contribution >= 0.6 is 0 Å². The number of aromatic nitrogens is 2. The largest absolute Gasteiger partial charge is 0.387 e. The number of β-amino-alcohol motifs (C(OH)–C–C–N with tert-alkyl or cyclic N) is 1. The molecule has 1 aromatic heterocycles. The van der Waals surface area contributed by atoms with Gasteiger partial charge in [-0.2, -0.15) is 5.10 Å². The van der Waals surface area contributed by atoms with E-state index in [1.165, 1.54) is 0 Å². The number of aliphatic hydroxyl groups excluding tert-OH is 1. The van der Waals surface area contributed by atoms with Crippen molar-refractivity contribution in [3.63, 3.8) is 0 Å². The number of halogens is 2. The number of hydrogen-bond acceptors (Lipinski definition) is 3. The number of rotatable bonds is 4. The average molecular weight is 307 g/mol.